The van der Waals surface area contributed by atoms with E-state index in [0.29, 0.717) is 34.7 Å². The Morgan fingerprint density at radius 3 is 2.88 bits per heavy atom. The fourth-order valence-electron chi connectivity index (χ4n) is 2.77. The zero-order valence-electron chi connectivity index (χ0n) is 14.1. The first-order valence-electron chi connectivity index (χ1n) is 7.85. The summed E-state index contributed by atoms with van der Waals surface area (Å²) in [6, 6.07) is 4.98. The first kappa shape index (κ1) is 17.9. The standard InChI is InChI=1S/C16H19N3O4S2/c1-11-17-15(18-23-11)9-24-10-16(20)19-7-3-4-12-8-13(25(2,21)22)5-6-14(12)19/h5-6,8H,3-4,7,9-10H2,1-2H3. The molecule has 3 rings (SSSR count). The predicted molar refractivity (Wildman–Crippen MR) is 95.4 cm³/mol. The first-order valence-corrected chi connectivity index (χ1v) is 10.9. The molecule has 1 aliphatic rings. The summed E-state index contributed by atoms with van der Waals surface area (Å²) in [5.41, 5.74) is 1.71. The monoisotopic (exact) mass is 381 g/mol. The van der Waals surface area contributed by atoms with Gasteiger partial charge in [-0.1, -0.05) is 5.16 Å². The molecule has 0 fully saturated rings. The van der Waals surface area contributed by atoms with Crippen molar-refractivity contribution in [3.63, 3.8) is 0 Å². The van der Waals surface area contributed by atoms with Crippen molar-refractivity contribution in [3.05, 3.63) is 35.5 Å². The van der Waals surface area contributed by atoms with Crippen LogP contribution in [0, 0.1) is 6.92 Å². The molecule has 1 aromatic carbocycles. The lowest BCUT2D eigenvalue weighted by molar-refractivity contribution is -0.116. The molecular weight excluding hydrogens is 362 g/mol. The third-order valence-electron chi connectivity index (χ3n) is 3.93. The van der Waals surface area contributed by atoms with Gasteiger partial charge in [-0.05, 0) is 36.6 Å². The van der Waals surface area contributed by atoms with Crippen LogP contribution in [0.25, 0.3) is 0 Å². The molecule has 0 bridgehead atoms. The minimum absolute atomic E-state index is 0.00160. The van der Waals surface area contributed by atoms with Crippen LogP contribution < -0.4 is 4.90 Å². The van der Waals surface area contributed by atoms with Crippen LogP contribution in [-0.2, 0) is 26.8 Å². The van der Waals surface area contributed by atoms with Gasteiger partial charge in [0.25, 0.3) is 0 Å². The van der Waals surface area contributed by atoms with E-state index in [4.69, 9.17) is 4.52 Å². The topological polar surface area (TPSA) is 93.4 Å². The quantitative estimate of drug-likeness (QED) is 0.782. The Morgan fingerprint density at radius 2 is 2.20 bits per heavy atom. The summed E-state index contributed by atoms with van der Waals surface area (Å²) in [4.78, 5) is 18.7. The minimum atomic E-state index is -3.25. The molecule has 0 radical (unpaired) electrons. The minimum Gasteiger partial charge on any atom is -0.340 e. The predicted octanol–water partition coefficient (Wildman–Crippen LogP) is 1.99. The third kappa shape index (κ3) is 4.21. The van der Waals surface area contributed by atoms with Crippen molar-refractivity contribution in [2.45, 2.75) is 30.4 Å². The number of rotatable bonds is 5. The van der Waals surface area contributed by atoms with Gasteiger partial charge in [-0.15, -0.1) is 11.8 Å². The van der Waals surface area contributed by atoms with E-state index in [2.05, 4.69) is 10.1 Å². The lowest BCUT2D eigenvalue weighted by Gasteiger charge is -2.29. The Labute approximate surface area is 150 Å². The van der Waals surface area contributed by atoms with E-state index >= 15 is 0 Å². The van der Waals surface area contributed by atoms with Crippen molar-refractivity contribution in [3.8, 4) is 0 Å². The molecule has 0 N–H and O–H groups in total. The Bertz CT molecular complexity index is 893. The van der Waals surface area contributed by atoms with E-state index in [-0.39, 0.29) is 5.91 Å². The summed E-state index contributed by atoms with van der Waals surface area (Å²) in [6.07, 6.45) is 2.79. The van der Waals surface area contributed by atoms with Crippen LogP contribution in [0.2, 0.25) is 0 Å². The second kappa shape index (κ2) is 7.17. The van der Waals surface area contributed by atoms with Crippen LogP contribution in [-0.4, -0.2) is 43.0 Å². The molecule has 9 heteroatoms. The molecule has 1 amide bonds. The molecule has 134 valence electrons. The number of hydrogen-bond donors (Lipinski definition) is 0. The van der Waals surface area contributed by atoms with E-state index in [9.17, 15) is 13.2 Å². The Balaban J connectivity index is 1.68. The lowest BCUT2D eigenvalue weighted by atomic mass is 10.0. The van der Waals surface area contributed by atoms with Gasteiger partial charge >= 0.3 is 0 Å². The summed E-state index contributed by atoms with van der Waals surface area (Å²) in [6.45, 7) is 2.37. The van der Waals surface area contributed by atoms with Crippen molar-refractivity contribution >= 4 is 33.2 Å². The number of aromatic nitrogens is 2. The van der Waals surface area contributed by atoms with E-state index in [1.165, 1.54) is 18.0 Å². The van der Waals surface area contributed by atoms with Crippen molar-refractivity contribution in [2.75, 3.05) is 23.5 Å². The number of nitrogens with zero attached hydrogens (tertiary/aromatic N) is 3. The maximum atomic E-state index is 12.6. The summed E-state index contributed by atoms with van der Waals surface area (Å²) < 4.78 is 28.3. The second-order valence-corrected chi connectivity index (χ2v) is 8.94. The van der Waals surface area contributed by atoms with Crippen molar-refractivity contribution in [1.82, 2.24) is 10.1 Å². The number of anilines is 1. The number of sulfone groups is 1. The fourth-order valence-corrected chi connectivity index (χ4v) is 4.17. The number of thioether (sulfide) groups is 1. The first-order chi connectivity index (χ1) is 11.8. The highest BCUT2D eigenvalue weighted by Gasteiger charge is 2.23. The molecule has 1 aliphatic heterocycles. The SMILES string of the molecule is Cc1nc(CSCC(=O)N2CCCc3cc(S(C)(=O)=O)ccc32)no1. The average molecular weight is 381 g/mol. The number of aryl methyl sites for hydroxylation is 2. The fraction of sp³-hybridized carbons (Fsp3) is 0.438. The Hall–Kier alpha value is -1.87. The van der Waals surface area contributed by atoms with Crippen LogP contribution in [0.1, 0.15) is 23.7 Å². The van der Waals surface area contributed by atoms with Crippen LogP contribution in [0.4, 0.5) is 5.69 Å². The molecule has 0 saturated carbocycles. The van der Waals surface area contributed by atoms with Gasteiger partial charge in [0.2, 0.25) is 11.8 Å². The van der Waals surface area contributed by atoms with Gasteiger partial charge in [0, 0.05) is 25.4 Å². The summed E-state index contributed by atoms with van der Waals surface area (Å²) in [7, 11) is -3.25. The number of amides is 1. The molecular formula is C16H19N3O4S2. The molecule has 0 saturated heterocycles. The molecule has 1 aromatic heterocycles. The highest BCUT2D eigenvalue weighted by molar-refractivity contribution is 7.99. The number of carbonyl (C=O) groups excluding carboxylic acids is 1. The zero-order valence-corrected chi connectivity index (χ0v) is 15.7. The molecule has 2 heterocycles. The number of hydrogen-bond acceptors (Lipinski definition) is 7. The number of carbonyl (C=O) groups is 1. The van der Waals surface area contributed by atoms with Gasteiger partial charge in [0.1, 0.15) is 0 Å². The van der Waals surface area contributed by atoms with Gasteiger partial charge in [-0.25, -0.2) is 8.42 Å². The molecule has 2 aromatic rings. The summed E-state index contributed by atoms with van der Waals surface area (Å²) in [5.74, 6) is 1.90. The van der Waals surface area contributed by atoms with E-state index in [0.717, 1.165) is 24.1 Å². The molecule has 0 atom stereocenters. The van der Waals surface area contributed by atoms with Crippen molar-refractivity contribution in [1.29, 1.82) is 0 Å². The number of benzene rings is 1. The van der Waals surface area contributed by atoms with Gasteiger partial charge in [0.15, 0.2) is 15.7 Å². The normalized spacial score (nSPS) is 14.4. The highest BCUT2D eigenvalue weighted by atomic mass is 32.2. The van der Waals surface area contributed by atoms with Gasteiger partial charge in [0.05, 0.1) is 16.4 Å². The molecule has 0 aliphatic carbocycles. The maximum absolute atomic E-state index is 12.6. The van der Waals surface area contributed by atoms with Gasteiger partial charge < -0.3 is 9.42 Å². The van der Waals surface area contributed by atoms with Crippen molar-refractivity contribution in [2.24, 2.45) is 0 Å². The number of fused-ring (bicyclic) bond motifs is 1. The average Bonchev–Trinajstić information content (AvgIpc) is 2.98. The van der Waals surface area contributed by atoms with Crippen LogP contribution in [0.3, 0.4) is 0 Å². The Kier molecular flexibility index (Phi) is 5.14. The van der Waals surface area contributed by atoms with Crippen LogP contribution in [0.5, 0.6) is 0 Å². The largest absolute Gasteiger partial charge is 0.340 e. The van der Waals surface area contributed by atoms with Gasteiger partial charge in [-0.2, -0.15) is 4.98 Å². The van der Waals surface area contributed by atoms with Crippen molar-refractivity contribution < 1.29 is 17.7 Å². The molecule has 0 unspecified atom stereocenters. The van der Waals surface area contributed by atoms with Crippen LogP contribution in [0.15, 0.2) is 27.6 Å². The van der Waals surface area contributed by atoms with Gasteiger partial charge in [-0.3, -0.25) is 4.79 Å². The molecule has 0 spiro atoms. The smallest absolute Gasteiger partial charge is 0.236 e. The molecule has 7 nitrogen and oxygen atoms in total. The summed E-state index contributed by atoms with van der Waals surface area (Å²) >= 11 is 1.43. The van der Waals surface area contributed by atoms with E-state index in [1.54, 1.807) is 30.0 Å². The van der Waals surface area contributed by atoms with Crippen LogP contribution >= 0.6 is 11.8 Å². The lowest BCUT2D eigenvalue weighted by Crippen LogP contribution is -2.36. The Morgan fingerprint density at radius 1 is 1.40 bits per heavy atom. The van der Waals surface area contributed by atoms with E-state index < -0.39 is 9.84 Å². The molecule has 25 heavy (non-hydrogen) atoms. The second-order valence-electron chi connectivity index (χ2n) is 5.93. The van der Waals surface area contributed by atoms with E-state index in [1.807, 2.05) is 0 Å². The highest BCUT2D eigenvalue weighted by Crippen LogP contribution is 2.30. The summed E-state index contributed by atoms with van der Waals surface area (Å²) in [5, 5.41) is 3.81. The zero-order chi connectivity index (χ0) is 18.0. The maximum Gasteiger partial charge on any atom is 0.236 e. The third-order valence-corrected chi connectivity index (χ3v) is 5.95.